The molecule has 1 heteroatoms. The Balaban J connectivity index is 2.37. The number of hydrogen-bond acceptors (Lipinski definition) is 1. The van der Waals surface area contributed by atoms with Crippen molar-refractivity contribution in [2.45, 2.75) is 58.5 Å². The second kappa shape index (κ2) is 6.23. The highest BCUT2D eigenvalue weighted by Crippen LogP contribution is 2.28. The Bertz CT molecular complexity index is 184. The SMILES string of the molecule is CCCCCC1=CC(OC)C(C)CC1. The summed E-state index contributed by atoms with van der Waals surface area (Å²) in [4.78, 5) is 0. The zero-order valence-corrected chi connectivity index (χ0v) is 9.88. The van der Waals surface area contributed by atoms with Crippen LogP contribution in [0.5, 0.6) is 0 Å². The van der Waals surface area contributed by atoms with Crippen LogP contribution in [0.1, 0.15) is 52.4 Å². The van der Waals surface area contributed by atoms with Gasteiger partial charge in [0.15, 0.2) is 0 Å². The Hall–Kier alpha value is -0.300. The summed E-state index contributed by atoms with van der Waals surface area (Å²) < 4.78 is 5.46. The van der Waals surface area contributed by atoms with Gasteiger partial charge in [-0.1, -0.05) is 38.3 Å². The van der Waals surface area contributed by atoms with Crippen LogP contribution < -0.4 is 0 Å². The van der Waals surface area contributed by atoms with E-state index in [4.69, 9.17) is 4.74 Å². The summed E-state index contributed by atoms with van der Waals surface area (Å²) >= 11 is 0. The first-order valence-corrected chi connectivity index (χ1v) is 6.00. The van der Waals surface area contributed by atoms with Crippen LogP contribution in [0.25, 0.3) is 0 Å². The molecule has 0 spiro atoms. The van der Waals surface area contributed by atoms with E-state index in [9.17, 15) is 0 Å². The monoisotopic (exact) mass is 196 g/mol. The van der Waals surface area contributed by atoms with Crippen LogP contribution in [0.2, 0.25) is 0 Å². The van der Waals surface area contributed by atoms with E-state index in [1.165, 1.54) is 38.5 Å². The van der Waals surface area contributed by atoms with Gasteiger partial charge in [0.1, 0.15) is 0 Å². The fraction of sp³-hybridized carbons (Fsp3) is 0.846. The fourth-order valence-corrected chi connectivity index (χ4v) is 2.17. The van der Waals surface area contributed by atoms with Crippen LogP contribution in [-0.2, 0) is 4.74 Å². The molecule has 0 heterocycles. The molecular weight excluding hydrogens is 172 g/mol. The third-order valence-electron chi connectivity index (χ3n) is 3.26. The first kappa shape index (κ1) is 11.8. The lowest BCUT2D eigenvalue weighted by Gasteiger charge is -2.26. The summed E-state index contributed by atoms with van der Waals surface area (Å²) in [5.74, 6) is 0.704. The summed E-state index contributed by atoms with van der Waals surface area (Å²) in [7, 11) is 1.83. The van der Waals surface area contributed by atoms with Crippen molar-refractivity contribution in [3.8, 4) is 0 Å². The predicted octanol–water partition coefficient (Wildman–Crippen LogP) is 3.94. The molecule has 0 bridgehead atoms. The number of rotatable bonds is 5. The number of hydrogen-bond donors (Lipinski definition) is 0. The average Bonchev–Trinajstić information content (AvgIpc) is 2.21. The quantitative estimate of drug-likeness (QED) is 0.478. The molecule has 0 amide bonds. The standard InChI is InChI=1S/C13H24O/c1-4-5-6-7-12-9-8-11(2)13(10-12)14-3/h10-11,13H,4-9H2,1-3H3. The van der Waals surface area contributed by atoms with E-state index in [0.29, 0.717) is 12.0 Å². The van der Waals surface area contributed by atoms with Crippen LogP contribution in [0.15, 0.2) is 11.6 Å². The largest absolute Gasteiger partial charge is 0.377 e. The van der Waals surface area contributed by atoms with Crippen molar-refractivity contribution >= 4 is 0 Å². The normalized spacial score (nSPS) is 27.5. The summed E-state index contributed by atoms with van der Waals surface area (Å²) in [6.45, 7) is 4.54. The molecule has 0 fully saturated rings. The van der Waals surface area contributed by atoms with Crippen molar-refractivity contribution in [2.24, 2.45) is 5.92 Å². The van der Waals surface area contributed by atoms with E-state index in [0.717, 1.165) is 0 Å². The van der Waals surface area contributed by atoms with Gasteiger partial charge in [-0.15, -0.1) is 0 Å². The van der Waals surface area contributed by atoms with Gasteiger partial charge in [0.2, 0.25) is 0 Å². The molecule has 1 aliphatic rings. The molecule has 0 radical (unpaired) electrons. The minimum atomic E-state index is 0.375. The van der Waals surface area contributed by atoms with Crippen molar-refractivity contribution in [1.29, 1.82) is 0 Å². The molecule has 2 unspecified atom stereocenters. The van der Waals surface area contributed by atoms with E-state index in [2.05, 4.69) is 19.9 Å². The second-order valence-electron chi connectivity index (χ2n) is 4.50. The van der Waals surface area contributed by atoms with E-state index < -0.39 is 0 Å². The third-order valence-corrected chi connectivity index (χ3v) is 3.26. The maximum atomic E-state index is 5.46. The zero-order valence-electron chi connectivity index (χ0n) is 9.88. The molecule has 0 aromatic carbocycles. The molecule has 0 N–H and O–H groups in total. The van der Waals surface area contributed by atoms with Gasteiger partial charge in [-0.2, -0.15) is 0 Å². The summed E-state index contributed by atoms with van der Waals surface area (Å²) in [6.07, 6.45) is 10.7. The van der Waals surface area contributed by atoms with Gasteiger partial charge in [0, 0.05) is 7.11 Å². The predicted molar refractivity (Wildman–Crippen MR) is 61.4 cm³/mol. The van der Waals surface area contributed by atoms with Gasteiger partial charge in [0.25, 0.3) is 0 Å². The highest BCUT2D eigenvalue weighted by molar-refractivity contribution is 5.10. The van der Waals surface area contributed by atoms with Crippen LogP contribution in [0.4, 0.5) is 0 Å². The van der Waals surface area contributed by atoms with Gasteiger partial charge in [-0.3, -0.25) is 0 Å². The number of allylic oxidation sites excluding steroid dienone is 1. The van der Waals surface area contributed by atoms with Crippen molar-refractivity contribution in [3.05, 3.63) is 11.6 Å². The number of ether oxygens (including phenoxy) is 1. The Kier molecular flexibility index (Phi) is 5.24. The van der Waals surface area contributed by atoms with Gasteiger partial charge >= 0.3 is 0 Å². The maximum absolute atomic E-state index is 5.46. The van der Waals surface area contributed by atoms with E-state index in [-0.39, 0.29) is 0 Å². The lowest BCUT2D eigenvalue weighted by Crippen LogP contribution is -2.22. The van der Waals surface area contributed by atoms with Crippen LogP contribution in [0, 0.1) is 5.92 Å². The Morgan fingerprint density at radius 2 is 2.21 bits per heavy atom. The highest BCUT2D eigenvalue weighted by Gasteiger charge is 2.19. The van der Waals surface area contributed by atoms with Crippen LogP contribution in [0.3, 0.4) is 0 Å². The topological polar surface area (TPSA) is 9.23 Å². The second-order valence-corrected chi connectivity index (χ2v) is 4.50. The van der Waals surface area contributed by atoms with Crippen LogP contribution >= 0.6 is 0 Å². The van der Waals surface area contributed by atoms with E-state index >= 15 is 0 Å². The number of methoxy groups -OCH3 is 1. The smallest absolute Gasteiger partial charge is 0.0780 e. The maximum Gasteiger partial charge on any atom is 0.0780 e. The summed E-state index contributed by atoms with van der Waals surface area (Å²) in [5, 5.41) is 0. The molecular formula is C13H24O. The van der Waals surface area contributed by atoms with Crippen molar-refractivity contribution in [1.82, 2.24) is 0 Å². The fourth-order valence-electron chi connectivity index (χ4n) is 2.17. The highest BCUT2D eigenvalue weighted by atomic mass is 16.5. The first-order chi connectivity index (χ1) is 6.77. The molecule has 0 aromatic heterocycles. The number of unbranched alkanes of at least 4 members (excludes halogenated alkanes) is 2. The lowest BCUT2D eigenvalue weighted by atomic mass is 9.86. The molecule has 0 aliphatic heterocycles. The van der Waals surface area contributed by atoms with Crippen molar-refractivity contribution in [3.63, 3.8) is 0 Å². The molecule has 0 saturated carbocycles. The molecule has 14 heavy (non-hydrogen) atoms. The van der Waals surface area contributed by atoms with E-state index in [1.807, 2.05) is 7.11 Å². The van der Waals surface area contributed by atoms with Crippen LogP contribution in [-0.4, -0.2) is 13.2 Å². The minimum absolute atomic E-state index is 0.375. The molecule has 1 rings (SSSR count). The van der Waals surface area contributed by atoms with E-state index in [1.54, 1.807) is 5.57 Å². The van der Waals surface area contributed by atoms with Gasteiger partial charge in [0.05, 0.1) is 6.10 Å². The molecule has 0 saturated heterocycles. The Labute approximate surface area is 88.5 Å². The molecule has 2 atom stereocenters. The summed E-state index contributed by atoms with van der Waals surface area (Å²) in [5.41, 5.74) is 1.63. The zero-order chi connectivity index (χ0) is 10.4. The third kappa shape index (κ3) is 3.45. The Morgan fingerprint density at radius 1 is 1.43 bits per heavy atom. The molecule has 1 nitrogen and oxygen atoms in total. The molecule has 1 aliphatic carbocycles. The van der Waals surface area contributed by atoms with Crippen molar-refractivity contribution < 1.29 is 4.74 Å². The minimum Gasteiger partial charge on any atom is -0.377 e. The lowest BCUT2D eigenvalue weighted by molar-refractivity contribution is 0.0864. The molecule has 82 valence electrons. The average molecular weight is 196 g/mol. The van der Waals surface area contributed by atoms with Gasteiger partial charge in [-0.25, -0.2) is 0 Å². The van der Waals surface area contributed by atoms with Crippen molar-refractivity contribution in [2.75, 3.05) is 7.11 Å². The van der Waals surface area contributed by atoms with Gasteiger partial charge in [-0.05, 0) is 31.6 Å². The summed E-state index contributed by atoms with van der Waals surface area (Å²) in [6, 6.07) is 0. The first-order valence-electron chi connectivity index (χ1n) is 6.00. The Morgan fingerprint density at radius 3 is 2.86 bits per heavy atom. The van der Waals surface area contributed by atoms with Gasteiger partial charge < -0.3 is 4.74 Å². The molecule has 0 aromatic rings.